The van der Waals surface area contributed by atoms with Crippen LogP contribution in [0.2, 0.25) is 0 Å². The predicted octanol–water partition coefficient (Wildman–Crippen LogP) is 1.46. The van der Waals surface area contributed by atoms with Gasteiger partial charge in [-0.15, -0.1) is 0 Å². The first-order valence-electron chi connectivity index (χ1n) is 6.66. The first-order chi connectivity index (χ1) is 10.3. The van der Waals surface area contributed by atoms with E-state index < -0.39 is 34.2 Å². The Morgan fingerprint density at radius 3 is 2.45 bits per heavy atom. The maximum atomic E-state index is 12.7. The maximum Gasteiger partial charge on any atom is 0.424 e. The lowest BCUT2D eigenvalue weighted by molar-refractivity contribution is -0.141. The molecule has 1 aromatic rings. The number of ether oxygens (including phenoxy) is 2. The summed E-state index contributed by atoms with van der Waals surface area (Å²) in [5, 5.41) is 0. The number of aryl methyl sites for hydroxylation is 1. The molecule has 0 aromatic heterocycles. The number of nitrogens with zero attached hydrogens (tertiary/aromatic N) is 1. The number of cyclic esters (lactones) is 1. The summed E-state index contributed by atoms with van der Waals surface area (Å²) >= 11 is 0. The Labute approximate surface area is 128 Å². The van der Waals surface area contributed by atoms with Gasteiger partial charge in [0.05, 0.1) is 24.5 Å². The molecule has 0 spiro atoms. The van der Waals surface area contributed by atoms with Crippen molar-refractivity contribution < 1.29 is 27.5 Å². The Morgan fingerprint density at radius 2 is 1.91 bits per heavy atom. The molecule has 0 radical (unpaired) electrons. The molecule has 1 fully saturated rings. The van der Waals surface area contributed by atoms with E-state index in [-0.39, 0.29) is 11.3 Å². The zero-order chi connectivity index (χ0) is 16.5. The molecule has 0 saturated carbocycles. The number of amides is 1. The molecule has 7 nitrogen and oxygen atoms in total. The normalized spacial score (nSPS) is 21.6. The molecule has 1 aliphatic rings. The first kappa shape index (κ1) is 16.3. The number of benzene rings is 1. The quantitative estimate of drug-likeness (QED) is 0.778. The minimum Gasteiger partial charge on any atom is -0.469 e. The first-order valence-corrected chi connectivity index (χ1v) is 8.10. The monoisotopic (exact) mass is 327 g/mol. The van der Waals surface area contributed by atoms with Gasteiger partial charge in [0.15, 0.2) is 0 Å². The largest absolute Gasteiger partial charge is 0.469 e. The van der Waals surface area contributed by atoms with Crippen molar-refractivity contribution in [2.24, 2.45) is 0 Å². The molecule has 22 heavy (non-hydrogen) atoms. The van der Waals surface area contributed by atoms with Crippen LogP contribution >= 0.6 is 0 Å². The topological polar surface area (TPSA) is 90.0 Å². The Hall–Kier alpha value is -2.09. The zero-order valence-corrected chi connectivity index (χ0v) is 13.3. The highest BCUT2D eigenvalue weighted by Gasteiger charge is 2.47. The molecule has 8 heteroatoms. The minimum atomic E-state index is -4.09. The highest BCUT2D eigenvalue weighted by Crippen LogP contribution is 2.29. The molecule has 0 bridgehead atoms. The van der Waals surface area contributed by atoms with E-state index in [4.69, 9.17) is 4.74 Å². The third-order valence-electron chi connectivity index (χ3n) is 3.49. The van der Waals surface area contributed by atoms with Crippen molar-refractivity contribution in [3.63, 3.8) is 0 Å². The van der Waals surface area contributed by atoms with Crippen molar-refractivity contribution in [2.75, 3.05) is 7.11 Å². The molecule has 120 valence electrons. The van der Waals surface area contributed by atoms with E-state index in [0.717, 1.165) is 5.56 Å². The van der Waals surface area contributed by atoms with Crippen molar-refractivity contribution in [1.82, 2.24) is 4.31 Å². The van der Waals surface area contributed by atoms with Gasteiger partial charge in [-0.2, -0.15) is 4.31 Å². The van der Waals surface area contributed by atoms with Crippen molar-refractivity contribution in [1.29, 1.82) is 0 Å². The van der Waals surface area contributed by atoms with Crippen molar-refractivity contribution in [2.45, 2.75) is 37.3 Å². The van der Waals surface area contributed by atoms with Gasteiger partial charge in [0.1, 0.15) is 6.10 Å². The second-order valence-corrected chi connectivity index (χ2v) is 6.87. The standard InChI is InChI=1S/C14H17NO6S/c1-9-4-6-11(7-5-9)22(18,19)15-12(8-13(16)20-3)10(2)21-14(15)17/h4-7,10,12H,8H2,1-3H3/t10-,12+/m0/s1. The van der Waals surface area contributed by atoms with Crippen LogP contribution in [0.5, 0.6) is 0 Å². The van der Waals surface area contributed by atoms with Gasteiger partial charge in [0.2, 0.25) is 0 Å². The molecule has 0 N–H and O–H groups in total. The smallest absolute Gasteiger partial charge is 0.424 e. The summed E-state index contributed by atoms with van der Waals surface area (Å²) in [6, 6.07) is 5.16. The van der Waals surface area contributed by atoms with E-state index >= 15 is 0 Å². The Kier molecular flexibility index (Phi) is 4.41. The van der Waals surface area contributed by atoms with E-state index in [0.29, 0.717) is 4.31 Å². The number of sulfonamides is 1. The number of hydrogen-bond acceptors (Lipinski definition) is 6. The molecule has 1 saturated heterocycles. The second-order valence-electron chi connectivity index (χ2n) is 5.05. The van der Waals surface area contributed by atoms with Gasteiger partial charge in [-0.3, -0.25) is 4.79 Å². The molecular formula is C14H17NO6S. The number of hydrogen-bond donors (Lipinski definition) is 0. The minimum absolute atomic E-state index is 0.0287. The predicted molar refractivity (Wildman–Crippen MR) is 76.6 cm³/mol. The molecule has 1 aromatic carbocycles. The summed E-state index contributed by atoms with van der Waals surface area (Å²) in [5.74, 6) is -0.612. The number of carbonyl (C=O) groups excluding carboxylic acids is 2. The van der Waals surface area contributed by atoms with Gasteiger partial charge in [-0.1, -0.05) is 17.7 Å². The molecule has 1 amide bonds. The average molecular weight is 327 g/mol. The van der Waals surface area contributed by atoms with Crippen LogP contribution in [0.4, 0.5) is 4.79 Å². The van der Waals surface area contributed by atoms with Crippen LogP contribution in [0.15, 0.2) is 29.2 Å². The number of rotatable bonds is 4. The number of methoxy groups -OCH3 is 1. The van der Waals surface area contributed by atoms with Crippen LogP contribution in [0.1, 0.15) is 18.9 Å². The van der Waals surface area contributed by atoms with Crippen LogP contribution in [0, 0.1) is 6.92 Å². The van der Waals surface area contributed by atoms with Crippen LogP contribution in [-0.4, -0.2) is 44.0 Å². The number of carbonyl (C=O) groups is 2. The van der Waals surface area contributed by atoms with Crippen molar-refractivity contribution in [3.05, 3.63) is 29.8 Å². The summed E-state index contributed by atoms with van der Waals surface area (Å²) in [6.07, 6.45) is -1.97. The molecule has 0 unspecified atom stereocenters. The molecule has 1 heterocycles. The number of esters is 1. The van der Waals surface area contributed by atoms with Crippen LogP contribution < -0.4 is 0 Å². The Balaban J connectivity index is 2.39. The Morgan fingerprint density at radius 1 is 1.32 bits per heavy atom. The zero-order valence-electron chi connectivity index (χ0n) is 12.5. The fourth-order valence-corrected chi connectivity index (χ4v) is 3.77. The summed E-state index contributed by atoms with van der Waals surface area (Å²) in [4.78, 5) is 23.4. The second kappa shape index (κ2) is 5.96. The van der Waals surface area contributed by atoms with Crippen molar-refractivity contribution in [3.8, 4) is 0 Å². The van der Waals surface area contributed by atoms with Gasteiger partial charge in [-0.25, -0.2) is 13.2 Å². The van der Waals surface area contributed by atoms with Gasteiger partial charge in [0.25, 0.3) is 10.0 Å². The van der Waals surface area contributed by atoms with Crippen LogP contribution in [0.3, 0.4) is 0 Å². The lowest BCUT2D eigenvalue weighted by atomic mass is 10.1. The van der Waals surface area contributed by atoms with Crippen LogP contribution in [-0.2, 0) is 24.3 Å². The van der Waals surface area contributed by atoms with Gasteiger partial charge in [-0.05, 0) is 26.0 Å². The SMILES string of the molecule is COC(=O)C[C@@H]1[C@H](C)OC(=O)N1S(=O)(=O)c1ccc(C)cc1. The van der Waals surface area contributed by atoms with Gasteiger partial charge >= 0.3 is 12.1 Å². The summed E-state index contributed by atoms with van der Waals surface area (Å²) in [7, 11) is -2.89. The van der Waals surface area contributed by atoms with Gasteiger partial charge in [0, 0.05) is 0 Å². The summed E-state index contributed by atoms with van der Waals surface area (Å²) in [6.45, 7) is 3.36. The average Bonchev–Trinajstić information content (AvgIpc) is 2.74. The third-order valence-corrected chi connectivity index (χ3v) is 5.30. The fourth-order valence-electron chi connectivity index (χ4n) is 2.22. The lowest BCUT2D eigenvalue weighted by Gasteiger charge is -2.22. The summed E-state index contributed by atoms with van der Waals surface area (Å²) in [5.41, 5.74) is 0.891. The van der Waals surface area contributed by atoms with E-state index in [2.05, 4.69) is 4.74 Å². The maximum absolute atomic E-state index is 12.7. The van der Waals surface area contributed by atoms with Crippen molar-refractivity contribution >= 4 is 22.1 Å². The highest BCUT2D eigenvalue weighted by atomic mass is 32.2. The molecule has 1 aliphatic heterocycles. The third kappa shape index (κ3) is 2.92. The molecule has 2 atom stereocenters. The van der Waals surface area contributed by atoms with Crippen LogP contribution in [0.25, 0.3) is 0 Å². The van der Waals surface area contributed by atoms with E-state index in [9.17, 15) is 18.0 Å². The summed E-state index contributed by atoms with van der Waals surface area (Å²) < 4.78 is 35.4. The van der Waals surface area contributed by atoms with E-state index in [1.54, 1.807) is 12.1 Å². The lowest BCUT2D eigenvalue weighted by Crippen LogP contribution is -2.42. The molecule has 0 aliphatic carbocycles. The highest BCUT2D eigenvalue weighted by molar-refractivity contribution is 7.89. The van der Waals surface area contributed by atoms with E-state index in [1.807, 2.05) is 6.92 Å². The Bertz CT molecular complexity index is 682. The van der Waals surface area contributed by atoms with Gasteiger partial charge < -0.3 is 9.47 Å². The fraction of sp³-hybridized carbons (Fsp3) is 0.429. The molecular weight excluding hydrogens is 310 g/mol. The van der Waals surface area contributed by atoms with E-state index in [1.165, 1.54) is 26.2 Å². The molecule has 2 rings (SSSR count).